The van der Waals surface area contributed by atoms with Crippen LogP contribution in [0.2, 0.25) is 0 Å². The van der Waals surface area contributed by atoms with Gasteiger partial charge in [-0.25, -0.2) is 0 Å². The van der Waals surface area contributed by atoms with Gasteiger partial charge in [-0.15, -0.1) is 0 Å². The first-order valence-electron chi connectivity index (χ1n) is 7.56. The zero-order valence-electron chi connectivity index (χ0n) is 12.9. The van der Waals surface area contributed by atoms with Crippen molar-refractivity contribution >= 4 is 21.8 Å². The number of amides is 1. The van der Waals surface area contributed by atoms with Crippen LogP contribution in [-0.2, 0) is 11.3 Å². The second-order valence-corrected chi connectivity index (χ2v) is 5.75. The van der Waals surface area contributed by atoms with E-state index in [9.17, 15) is 4.79 Å². The summed E-state index contributed by atoms with van der Waals surface area (Å²) in [6.07, 6.45) is 3.15. The third-order valence-corrected chi connectivity index (χ3v) is 3.62. The Morgan fingerprint density at radius 3 is 2.76 bits per heavy atom. The quantitative estimate of drug-likeness (QED) is 0.632. The molecule has 1 rings (SSSR count). The first-order valence-corrected chi connectivity index (χ1v) is 8.35. The summed E-state index contributed by atoms with van der Waals surface area (Å²) in [6.45, 7) is 6.68. The number of unbranched alkanes of at least 4 members (excludes halogenated alkanes) is 1. The van der Waals surface area contributed by atoms with E-state index in [1.807, 2.05) is 18.2 Å². The van der Waals surface area contributed by atoms with E-state index in [1.54, 1.807) is 0 Å². The molecule has 0 spiro atoms. The summed E-state index contributed by atoms with van der Waals surface area (Å²) in [5.41, 5.74) is 1.05. The van der Waals surface area contributed by atoms with Gasteiger partial charge in [0.25, 0.3) is 5.91 Å². The largest absolute Gasteiger partial charge is 0.482 e. The van der Waals surface area contributed by atoms with Crippen molar-refractivity contribution < 1.29 is 9.53 Å². The fourth-order valence-corrected chi connectivity index (χ4v) is 2.37. The van der Waals surface area contributed by atoms with E-state index in [0.717, 1.165) is 48.1 Å². The van der Waals surface area contributed by atoms with Crippen LogP contribution in [0.15, 0.2) is 22.7 Å². The van der Waals surface area contributed by atoms with E-state index in [4.69, 9.17) is 4.74 Å². The number of benzene rings is 1. The molecule has 1 aromatic rings. The van der Waals surface area contributed by atoms with Crippen LogP contribution in [0.3, 0.4) is 0 Å². The lowest BCUT2D eigenvalue weighted by atomic mass is 10.2. The van der Waals surface area contributed by atoms with Crippen LogP contribution in [-0.4, -0.2) is 25.6 Å². The predicted molar refractivity (Wildman–Crippen MR) is 89.6 cm³/mol. The molecular formula is C16H25BrN2O2. The fraction of sp³-hybridized carbons (Fsp3) is 0.562. The minimum Gasteiger partial charge on any atom is -0.482 e. The van der Waals surface area contributed by atoms with Gasteiger partial charge in [-0.1, -0.05) is 32.4 Å². The van der Waals surface area contributed by atoms with Gasteiger partial charge < -0.3 is 15.4 Å². The van der Waals surface area contributed by atoms with Gasteiger partial charge >= 0.3 is 0 Å². The molecule has 0 aliphatic heterocycles. The minimum atomic E-state index is -0.0772. The Morgan fingerprint density at radius 2 is 2.05 bits per heavy atom. The van der Waals surface area contributed by atoms with E-state index in [1.165, 1.54) is 0 Å². The molecular weight excluding hydrogens is 332 g/mol. The first kappa shape index (κ1) is 18.0. The molecule has 118 valence electrons. The number of carbonyl (C=O) groups is 1. The monoisotopic (exact) mass is 356 g/mol. The fourth-order valence-electron chi connectivity index (χ4n) is 1.85. The molecule has 0 bridgehead atoms. The molecule has 0 aliphatic rings. The molecule has 5 heteroatoms. The topological polar surface area (TPSA) is 50.4 Å². The summed E-state index contributed by atoms with van der Waals surface area (Å²) in [7, 11) is 0. The smallest absolute Gasteiger partial charge is 0.257 e. The lowest BCUT2D eigenvalue weighted by Crippen LogP contribution is -2.30. The van der Waals surface area contributed by atoms with E-state index in [0.29, 0.717) is 6.54 Å². The lowest BCUT2D eigenvalue weighted by molar-refractivity contribution is -0.123. The number of ether oxygens (including phenoxy) is 1. The molecule has 2 N–H and O–H groups in total. The highest BCUT2D eigenvalue weighted by Gasteiger charge is 2.10. The van der Waals surface area contributed by atoms with Gasteiger partial charge in [0.05, 0.1) is 4.47 Å². The predicted octanol–water partition coefficient (Wildman–Crippen LogP) is 3.24. The number of hydrogen-bond acceptors (Lipinski definition) is 3. The van der Waals surface area contributed by atoms with Crippen molar-refractivity contribution in [3.8, 4) is 5.75 Å². The van der Waals surface area contributed by atoms with Crippen LogP contribution in [0.5, 0.6) is 5.75 Å². The number of hydrogen-bond donors (Lipinski definition) is 2. The van der Waals surface area contributed by atoms with Crippen molar-refractivity contribution in [3.63, 3.8) is 0 Å². The Labute approximate surface area is 135 Å². The third kappa shape index (κ3) is 6.96. The highest BCUT2D eigenvalue weighted by molar-refractivity contribution is 9.10. The van der Waals surface area contributed by atoms with Crippen molar-refractivity contribution in [1.82, 2.24) is 10.6 Å². The maximum Gasteiger partial charge on any atom is 0.257 e. The van der Waals surface area contributed by atoms with Crippen molar-refractivity contribution in [2.45, 2.75) is 39.7 Å². The summed E-state index contributed by atoms with van der Waals surface area (Å²) in [5.74, 6) is 0.665. The normalized spacial score (nSPS) is 10.4. The van der Waals surface area contributed by atoms with E-state index in [2.05, 4.69) is 40.4 Å². The molecule has 0 heterocycles. The van der Waals surface area contributed by atoms with Crippen molar-refractivity contribution in [3.05, 3.63) is 28.2 Å². The van der Waals surface area contributed by atoms with Crippen LogP contribution in [0.25, 0.3) is 0 Å². The van der Waals surface area contributed by atoms with Crippen LogP contribution in [0, 0.1) is 0 Å². The summed E-state index contributed by atoms with van der Waals surface area (Å²) in [5, 5.41) is 6.20. The number of halogens is 1. The van der Waals surface area contributed by atoms with E-state index >= 15 is 0 Å². The molecule has 4 nitrogen and oxygen atoms in total. The highest BCUT2D eigenvalue weighted by atomic mass is 79.9. The molecule has 0 aliphatic carbocycles. The average molecular weight is 357 g/mol. The second kappa shape index (κ2) is 10.6. The average Bonchev–Trinajstić information content (AvgIpc) is 2.47. The Balaban J connectivity index is 2.54. The number of rotatable bonds is 10. The van der Waals surface area contributed by atoms with Crippen molar-refractivity contribution in [1.29, 1.82) is 0 Å². The van der Waals surface area contributed by atoms with Gasteiger partial charge in [0.1, 0.15) is 5.75 Å². The molecule has 1 aromatic carbocycles. The molecule has 0 unspecified atom stereocenters. The third-order valence-electron chi connectivity index (χ3n) is 2.99. The molecule has 21 heavy (non-hydrogen) atoms. The molecule has 0 aromatic heterocycles. The summed E-state index contributed by atoms with van der Waals surface area (Å²) < 4.78 is 6.57. The molecule has 0 radical (unpaired) electrons. The number of para-hydroxylation sites is 1. The maximum absolute atomic E-state index is 11.7. The van der Waals surface area contributed by atoms with Gasteiger partial charge in [-0.3, -0.25) is 4.79 Å². The Hall–Kier alpha value is -1.07. The summed E-state index contributed by atoms with van der Waals surface area (Å²) >= 11 is 3.49. The molecule has 1 amide bonds. The van der Waals surface area contributed by atoms with Gasteiger partial charge in [-0.05, 0) is 41.4 Å². The zero-order chi connectivity index (χ0) is 15.5. The Kier molecular flexibility index (Phi) is 9.10. The van der Waals surface area contributed by atoms with E-state index < -0.39 is 0 Å². The van der Waals surface area contributed by atoms with Crippen molar-refractivity contribution in [2.24, 2.45) is 0 Å². The van der Waals surface area contributed by atoms with Crippen LogP contribution < -0.4 is 15.4 Å². The lowest BCUT2D eigenvalue weighted by Gasteiger charge is -2.14. The zero-order valence-corrected chi connectivity index (χ0v) is 14.5. The van der Waals surface area contributed by atoms with Crippen molar-refractivity contribution in [2.75, 3.05) is 19.7 Å². The van der Waals surface area contributed by atoms with Crippen LogP contribution in [0.1, 0.15) is 38.7 Å². The standard InChI is InChI=1S/C16H25BrN2O2/c1-3-5-10-19-15(20)12-21-16-13(11-18-9-4-2)7-6-8-14(16)17/h6-8,18H,3-5,9-12H2,1-2H3,(H,19,20). The van der Waals surface area contributed by atoms with E-state index in [-0.39, 0.29) is 12.5 Å². The van der Waals surface area contributed by atoms with Crippen LogP contribution >= 0.6 is 15.9 Å². The molecule has 0 saturated heterocycles. The van der Waals surface area contributed by atoms with Gasteiger partial charge in [-0.2, -0.15) is 0 Å². The van der Waals surface area contributed by atoms with Gasteiger partial charge in [0.15, 0.2) is 6.61 Å². The Morgan fingerprint density at radius 1 is 1.24 bits per heavy atom. The number of carbonyl (C=O) groups excluding carboxylic acids is 1. The second-order valence-electron chi connectivity index (χ2n) is 4.90. The molecule has 0 saturated carbocycles. The van der Waals surface area contributed by atoms with Gasteiger partial charge in [0, 0.05) is 18.7 Å². The maximum atomic E-state index is 11.7. The number of nitrogens with one attached hydrogen (secondary N) is 2. The first-order chi connectivity index (χ1) is 10.2. The SMILES string of the molecule is CCCCNC(=O)COc1c(Br)cccc1CNCCC. The molecule has 0 atom stereocenters. The minimum absolute atomic E-state index is 0.0487. The molecule has 0 fully saturated rings. The Bertz CT molecular complexity index is 438. The summed E-state index contributed by atoms with van der Waals surface area (Å²) in [4.78, 5) is 11.7. The summed E-state index contributed by atoms with van der Waals surface area (Å²) in [6, 6.07) is 5.91. The highest BCUT2D eigenvalue weighted by Crippen LogP contribution is 2.29. The van der Waals surface area contributed by atoms with Gasteiger partial charge in [0.2, 0.25) is 0 Å². The van der Waals surface area contributed by atoms with Crippen LogP contribution in [0.4, 0.5) is 0 Å².